The van der Waals surface area contributed by atoms with Gasteiger partial charge in [-0.3, -0.25) is 9.36 Å². The van der Waals surface area contributed by atoms with Gasteiger partial charge in [0, 0.05) is 16.0 Å². The van der Waals surface area contributed by atoms with Gasteiger partial charge in [-0.05, 0) is 42.0 Å². The Balaban J connectivity index is 2.16. The molecule has 9 heteroatoms. The van der Waals surface area contributed by atoms with Crippen molar-refractivity contribution in [3.05, 3.63) is 58.6 Å². The highest BCUT2D eigenvalue weighted by atomic mass is 35.5. The maximum Gasteiger partial charge on any atom is 0.241 e. The number of primary amides is 1. The smallest absolute Gasteiger partial charge is 0.241 e. The highest BCUT2D eigenvalue weighted by Crippen LogP contribution is 2.60. The van der Waals surface area contributed by atoms with E-state index in [-0.39, 0.29) is 5.30 Å². The first-order chi connectivity index (χ1) is 11.2. The molecule has 3 rings (SSSR count). The number of nitrogens with one attached hydrogen (secondary N) is 1. The average Bonchev–Trinajstić information content (AvgIpc) is 2.89. The number of amides is 1. The molecule has 2 aromatic carbocycles. The second-order valence-corrected chi connectivity index (χ2v) is 8.18. The number of hydrogen-bond donors (Lipinski definition) is 3. The molecule has 0 aromatic heterocycles. The summed E-state index contributed by atoms with van der Waals surface area (Å²) in [6.45, 7) is 0. The molecular formula is C15H12ClF2N2O3P. The maximum atomic E-state index is 13.5. The van der Waals surface area contributed by atoms with Gasteiger partial charge in [-0.25, -0.2) is 8.78 Å². The first kappa shape index (κ1) is 16.9. The molecule has 2 aromatic rings. The SMILES string of the molecule is NC(=O)C1Nc2ccc(Cl)cc2C1P(=O)(O)c1ccc(F)c(F)c1. The van der Waals surface area contributed by atoms with Gasteiger partial charge in [-0.1, -0.05) is 11.6 Å². The third kappa shape index (κ3) is 2.69. The van der Waals surface area contributed by atoms with Crippen LogP contribution in [0.15, 0.2) is 36.4 Å². The van der Waals surface area contributed by atoms with Crippen LogP contribution in [0.1, 0.15) is 11.2 Å². The van der Waals surface area contributed by atoms with Gasteiger partial charge in [0.2, 0.25) is 13.3 Å². The van der Waals surface area contributed by atoms with Crippen LogP contribution in [0.2, 0.25) is 5.02 Å². The molecule has 1 aliphatic rings. The molecule has 0 saturated carbocycles. The third-order valence-corrected chi connectivity index (χ3v) is 6.50. The third-order valence-electron chi connectivity index (χ3n) is 3.92. The van der Waals surface area contributed by atoms with Crippen LogP contribution in [0.25, 0.3) is 0 Å². The Bertz CT molecular complexity index is 893. The molecule has 0 aliphatic carbocycles. The summed E-state index contributed by atoms with van der Waals surface area (Å²) in [6, 6.07) is 5.79. The van der Waals surface area contributed by atoms with E-state index < -0.39 is 36.6 Å². The van der Waals surface area contributed by atoms with Crippen molar-refractivity contribution in [3.8, 4) is 0 Å². The predicted molar refractivity (Wildman–Crippen MR) is 86.6 cm³/mol. The van der Waals surface area contributed by atoms with E-state index in [9.17, 15) is 23.0 Å². The van der Waals surface area contributed by atoms with Crippen LogP contribution in [0, 0.1) is 11.6 Å². The number of fused-ring (bicyclic) bond motifs is 1. The quantitative estimate of drug-likeness (QED) is 0.722. The van der Waals surface area contributed by atoms with E-state index >= 15 is 0 Å². The van der Waals surface area contributed by atoms with Crippen molar-refractivity contribution in [2.24, 2.45) is 5.73 Å². The van der Waals surface area contributed by atoms with Gasteiger partial charge in [-0.15, -0.1) is 0 Å². The van der Waals surface area contributed by atoms with E-state index in [4.69, 9.17) is 17.3 Å². The molecule has 24 heavy (non-hydrogen) atoms. The van der Waals surface area contributed by atoms with E-state index in [0.29, 0.717) is 22.3 Å². The molecule has 3 atom stereocenters. The van der Waals surface area contributed by atoms with E-state index in [1.165, 1.54) is 6.07 Å². The molecule has 0 bridgehead atoms. The monoisotopic (exact) mass is 372 g/mol. The molecule has 0 saturated heterocycles. The van der Waals surface area contributed by atoms with Gasteiger partial charge in [0.25, 0.3) is 0 Å². The van der Waals surface area contributed by atoms with Gasteiger partial charge < -0.3 is 15.9 Å². The number of halogens is 3. The zero-order valence-corrected chi connectivity index (χ0v) is 13.7. The topological polar surface area (TPSA) is 92.4 Å². The van der Waals surface area contributed by atoms with Crippen LogP contribution >= 0.6 is 19.0 Å². The van der Waals surface area contributed by atoms with Crippen molar-refractivity contribution in [3.63, 3.8) is 0 Å². The lowest BCUT2D eigenvalue weighted by molar-refractivity contribution is -0.118. The number of nitrogens with two attached hydrogens (primary N) is 1. The lowest BCUT2D eigenvalue weighted by Crippen LogP contribution is -2.37. The van der Waals surface area contributed by atoms with Crippen molar-refractivity contribution in [1.29, 1.82) is 0 Å². The summed E-state index contributed by atoms with van der Waals surface area (Å²) in [5.41, 5.74) is 4.83. The summed E-state index contributed by atoms with van der Waals surface area (Å²) in [5.74, 6) is -3.24. The molecule has 4 N–H and O–H groups in total. The number of carbonyl (C=O) groups excluding carboxylic acids is 1. The standard InChI is InChI=1S/C15H12ClF2N2O3P/c16-7-1-4-12-9(5-7)14(13(20-12)15(19)21)24(22,23)8-2-3-10(17)11(18)6-8/h1-6,13-14,20H,(H2,19,21)(H,22,23). The molecule has 0 radical (unpaired) electrons. The fourth-order valence-electron chi connectivity index (χ4n) is 2.80. The van der Waals surface area contributed by atoms with Crippen LogP contribution in [0.3, 0.4) is 0 Å². The van der Waals surface area contributed by atoms with Crippen molar-refractivity contribution in [2.75, 3.05) is 5.32 Å². The molecule has 0 spiro atoms. The number of anilines is 1. The molecule has 1 amide bonds. The summed E-state index contributed by atoms with van der Waals surface area (Å²) in [5, 5.41) is 2.77. The second kappa shape index (κ2) is 5.84. The van der Waals surface area contributed by atoms with E-state index in [2.05, 4.69) is 5.32 Å². The Morgan fingerprint density at radius 3 is 2.54 bits per heavy atom. The first-order valence-corrected chi connectivity index (χ1v) is 8.96. The second-order valence-electron chi connectivity index (χ2n) is 5.42. The minimum atomic E-state index is -4.33. The lowest BCUT2D eigenvalue weighted by atomic mass is 10.1. The van der Waals surface area contributed by atoms with Crippen molar-refractivity contribution >= 4 is 35.9 Å². The summed E-state index contributed by atoms with van der Waals surface area (Å²) >= 11 is 5.93. The maximum absolute atomic E-state index is 13.5. The molecule has 1 aliphatic heterocycles. The fourth-order valence-corrected chi connectivity index (χ4v) is 5.10. The van der Waals surface area contributed by atoms with Gasteiger partial charge in [0.1, 0.15) is 6.04 Å². The summed E-state index contributed by atoms with van der Waals surface area (Å²) in [6.07, 6.45) is 0. The Kier molecular flexibility index (Phi) is 4.11. The van der Waals surface area contributed by atoms with Gasteiger partial charge in [0.05, 0.1) is 5.66 Å². The van der Waals surface area contributed by atoms with E-state index in [1.54, 1.807) is 12.1 Å². The van der Waals surface area contributed by atoms with Gasteiger partial charge in [-0.2, -0.15) is 0 Å². The van der Waals surface area contributed by atoms with E-state index in [1.807, 2.05) is 0 Å². The Labute approximate surface area is 140 Å². The Hall–Kier alpha value is -1.95. The normalized spacial score (nSPS) is 21.7. The molecule has 5 nitrogen and oxygen atoms in total. The zero-order chi connectivity index (χ0) is 17.6. The van der Waals surface area contributed by atoms with Crippen LogP contribution in [0.5, 0.6) is 0 Å². The summed E-state index contributed by atoms with van der Waals surface area (Å²) < 4.78 is 39.6. The highest BCUT2D eigenvalue weighted by molar-refractivity contribution is 7.66. The number of carbonyl (C=O) groups is 1. The fraction of sp³-hybridized carbons (Fsp3) is 0.133. The lowest BCUT2D eigenvalue weighted by Gasteiger charge is -2.23. The summed E-state index contributed by atoms with van der Waals surface area (Å²) in [7, 11) is -4.33. The first-order valence-electron chi connectivity index (χ1n) is 6.85. The predicted octanol–water partition coefficient (Wildman–Crippen LogP) is 2.53. The van der Waals surface area contributed by atoms with Gasteiger partial charge in [0.15, 0.2) is 11.6 Å². The van der Waals surface area contributed by atoms with Crippen molar-refractivity contribution in [1.82, 2.24) is 0 Å². The minimum absolute atomic E-state index is 0.302. The number of benzene rings is 2. The van der Waals surface area contributed by atoms with Crippen molar-refractivity contribution < 1.29 is 23.0 Å². The number of rotatable bonds is 3. The molecule has 3 unspecified atom stereocenters. The Morgan fingerprint density at radius 2 is 1.92 bits per heavy atom. The molecular weight excluding hydrogens is 361 g/mol. The van der Waals surface area contributed by atoms with Gasteiger partial charge >= 0.3 is 0 Å². The zero-order valence-electron chi connectivity index (χ0n) is 12.0. The Morgan fingerprint density at radius 1 is 1.21 bits per heavy atom. The average molecular weight is 373 g/mol. The highest BCUT2D eigenvalue weighted by Gasteiger charge is 2.48. The van der Waals surface area contributed by atoms with Crippen LogP contribution < -0.4 is 16.4 Å². The van der Waals surface area contributed by atoms with Crippen LogP contribution in [-0.4, -0.2) is 16.8 Å². The molecule has 1 heterocycles. The largest absolute Gasteiger partial charge is 0.372 e. The minimum Gasteiger partial charge on any atom is -0.372 e. The number of hydrogen-bond acceptors (Lipinski definition) is 3. The summed E-state index contributed by atoms with van der Waals surface area (Å²) in [4.78, 5) is 22.4. The molecule has 0 fully saturated rings. The van der Waals surface area contributed by atoms with Crippen LogP contribution in [-0.2, 0) is 9.36 Å². The van der Waals surface area contributed by atoms with Crippen molar-refractivity contribution in [2.45, 2.75) is 11.7 Å². The van der Waals surface area contributed by atoms with Crippen LogP contribution in [0.4, 0.5) is 14.5 Å². The van der Waals surface area contributed by atoms with E-state index in [0.717, 1.165) is 12.1 Å². The molecule has 126 valence electrons.